The van der Waals surface area contributed by atoms with Gasteiger partial charge in [-0.2, -0.15) is 11.8 Å². The summed E-state index contributed by atoms with van der Waals surface area (Å²) in [5, 5.41) is 14.1. The Balaban J connectivity index is 4.34. The van der Waals surface area contributed by atoms with Gasteiger partial charge in [0.1, 0.15) is 12.6 Å². The molecule has 0 aliphatic rings. The summed E-state index contributed by atoms with van der Waals surface area (Å²) in [4.78, 5) is 35.5. The monoisotopic (exact) mass is 305 g/mol. The van der Waals surface area contributed by atoms with E-state index in [1.807, 2.05) is 20.1 Å². The fourth-order valence-corrected chi connectivity index (χ4v) is 1.88. The van der Waals surface area contributed by atoms with Gasteiger partial charge in [-0.3, -0.25) is 4.79 Å². The number of hydrogen-bond acceptors (Lipinski definition) is 4. The van der Waals surface area contributed by atoms with Crippen molar-refractivity contribution in [3.8, 4) is 0 Å². The zero-order valence-corrected chi connectivity index (χ0v) is 13.1. The van der Waals surface area contributed by atoms with Gasteiger partial charge in [0.2, 0.25) is 5.91 Å². The first kappa shape index (κ1) is 18.6. The second-order valence-electron chi connectivity index (χ2n) is 4.70. The quantitative estimate of drug-likeness (QED) is 0.601. The summed E-state index contributed by atoms with van der Waals surface area (Å²) in [5.74, 6) is -0.726. The number of nitrogens with zero attached hydrogens (tertiary/aromatic N) is 1. The van der Waals surface area contributed by atoms with Crippen molar-refractivity contribution in [2.24, 2.45) is 0 Å². The van der Waals surface area contributed by atoms with Crippen molar-refractivity contribution in [3.05, 3.63) is 0 Å². The van der Waals surface area contributed by atoms with Gasteiger partial charge in [-0.25, -0.2) is 9.59 Å². The number of hydrogen-bond donors (Lipinski definition) is 3. The number of rotatable bonds is 8. The molecular formula is C12H23N3O4S. The van der Waals surface area contributed by atoms with E-state index in [1.165, 1.54) is 18.8 Å². The molecule has 0 fully saturated rings. The molecule has 0 aromatic heterocycles. The van der Waals surface area contributed by atoms with Crippen molar-refractivity contribution < 1.29 is 19.5 Å². The van der Waals surface area contributed by atoms with Gasteiger partial charge in [-0.05, 0) is 32.3 Å². The number of urea groups is 1. The van der Waals surface area contributed by atoms with Crippen molar-refractivity contribution >= 4 is 29.7 Å². The first-order valence-electron chi connectivity index (χ1n) is 6.30. The van der Waals surface area contributed by atoms with Gasteiger partial charge in [0.25, 0.3) is 0 Å². The summed E-state index contributed by atoms with van der Waals surface area (Å²) in [7, 11) is 1.45. The van der Waals surface area contributed by atoms with E-state index in [1.54, 1.807) is 0 Å². The third-order valence-electron chi connectivity index (χ3n) is 2.38. The lowest BCUT2D eigenvalue weighted by Gasteiger charge is -2.21. The molecule has 1 atom stereocenters. The number of carbonyl (C=O) groups is 3. The van der Waals surface area contributed by atoms with Gasteiger partial charge in [0, 0.05) is 13.1 Å². The Labute approximate surface area is 123 Å². The topological polar surface area (TPSA) is 98.7 Å². The number of thioether (sulfide) groups is 1. The van der Waals surface area contributed by atoms with Crippen LogP contribution in [0.25, 0.3) is 0 Å². The highest BCUT2D eigenvalue weighted by Crippen LogP contribution is 2.01. The SMILES string of the molecule is CSCCC(NC(=O)N(C)CC(=O)NC(C)C)C(=O)O. The summed E-state index contributed by atoms with van der Waals surface area (Å²) in [6, 6.07) is -1.52. The van der Waals surface area contributed by atoms with Gasteiger partial charge < -0.3 is 20.6 Å². The molecule has 0 rings (SSSR count). The molecule has 116 valence electrons. The molecule has 0 heterocycles. The molecule has 1 unspecified atom stereocenters. The second kappa shape index (κ2) is 9.46. The van der Waals surface area contributed by atoms with Crippen LogP contribution in [-0.2, 0) is 9.59 Å². The van der Waals surface area contributed by atoms with E-state index in [0.717, 1.165) is 4.90 Å². The highest BCUT2D eigenvalue weighted by atomic mass is 32.2. The van der Waals surface area contributed by atoms with Crippen LogP contribution in [-0.4, -0.2) is 65.6 Å². The van der Waals surface area contributed by atoms with E-state index in [4.69, 9.17) is 5.11 Å². The Morgan fingerprint density at radius 1 is 1.25 bits per heavy atom. The molecule has 0 saturated heterocycles. The Morgan fingerprint density at radius 2 is 1.85 bits per heavy atom. The van der Waals surface area contributed by atoms with Crippen molar-refractivity contribution in [3.63, 3.8) is 0 Å². The Morgan fingerprint density at radius 3 is 2.30 bits per heavy atom. The van der Waals surface area contributed by atoms with Crippen LogP contribution in [0, 0.1) is 0 Å². The smallest absolute Gasteiger partial charge is 0.326 e. The Hall–Kier alpha value is -1.44. The van der Waals surface area contributed by atoms with Crippen LogP contribution in [0.2, 0.25) is 0 Å². The summed E-state index contributed by atoms with van der Waals surface area (Å²) in [6.45, 7) is 3.53. The van der Waals surface area contributed by atoms with Crippen molar-refractivity contribution in [2.45, 2.75) is 32.4 Å². The van der Waals surface area contributed by atoms with Crippen LogP contribution in [0.1, 0.15) is 20.3 Å². The zero-order chi connectivity index (χ0) is 15.7. The zero-order valence-electron chi connectivity index (χ0n) is 12.3. The minimum atomic E-state index is -1.08. The molecule has 3 amide bonds. The number of carbonyl (C=O) groups excluding carboxylic acids is 2. The summed E-state index contributed by atoms with van der Waals surface area (Å²) >= 11 is 1.51. The molecule has 7 nitrogen and oxygen atoms in total. The number of likely N-dealkylation sites (N-methyl/N-ethyl adjacent to an activating group) is 1. The first-order chi connectivity index (χ1) is 9.27. The maximum Gasteiger partial charge on any atom is 0.326 e. The molecule has 3 N–H and O–H groups in total. The van der Waals surface area contributed by atoms with Gasteiger partial charge >= 0.3 is 12.0 Å². The van der Waals surface area contributed by atoms with E-state index in [-0.39, 0.29) is 18.5 Å². The molecule has 0 saturated carbocycles. The fourth-order valence-electron chi connectivity index (χ4n) is 1.41. The molecule has 0 bridgehead atoms. The summed E-state index contributed by atoms with van der Waals surface area (Å²) in [5.41, 5.74) is 0. The standard InChI is InChI=1S/C12H23N3O4S/c1-8(2)13-10(16)7-15(3)12(19)14-9(11(17)18)5-6-20-4/h8-9H,5-7H2,1-4H3,(H,13,16)(H,14,19)(H,17,18). The molecule has 8 heteroatoms. The Bertz CT molecular complexity index is 350. The number of amides is 3. The fraction of sp³-hybridized carbons (Fsp3) is 0.750. The molecule has 0 radical (unpaired) electrons. The van der Waals surface area contributed by atoms with E-state index in [9.17, 15) is 14.4 Å². The molecule has 0 spiro atoms. The molecule has 0 aliphatic heterocycles. The second-order valence-corrected chi connectivity index (χ2v) is 5.69. The van der Waals surface area contributed by atoms with Crippen molar-refractivity contribution in [1.29, 1.82) is 0 Å². The number of carboxylic acids is 1. The van der Waals surface area contributed by atoms with Crippen LogP contribution in [0.4, 0.5) is 4.79 Å². The van der Waals surface area contributed by atoms with Gasteiger partial charge in [0.15, 0.2) is 0 Å². The van der Waals surface area contributed by atoms with Gasteiger partial charge in [-0.15, -0.1) is 0 Å². The van der Waals surface area contributed by atoms with Crippen LogP contribution in [0.5, 0.6) is 0 Å². The molecule has 0 aromatic carbocycles. The Kier molecular flexibility index (Phi) is 8.78. The lowest BCUT2D eigenvalue weighted by molar-refractivity contribution is -0.139. The number of aliphatic carboxylic acids is 1. The van der Waals surface area contributed by atoms with Gasteiger partial charge in [-0.1, -0.05) is 0 Å². The molecule has 0 aromatic rings. The van der Waals surface area contributed by atoms with Crippen LogP contribution < -0.4 is 10.6 Å². The van der Waals surface area contributed by atoms with Crippen molar-refractivity contribution in [1.82, 2.24) is 15.5 Å². The maximum absolute atomic E-state index is 11.8. The van der Waals surface area contributed by atoms with E-state index >= 15 is 0 Å². The number of carboxylic acid groups (broad SMARTS) is 1. The van der Waals surface area contributed by atoms with E-state index < -0.39 is 18.0 Å². The average Bonchev–Trinajstić information content (AvgIpc) is 2.32. The van der Waals surface area contributed by atoms with Gasteiger partial charge in [0.05, 0.1) is 0 Å². The third-order valence-corrected chi connectivity index (χ3v) is 3.03. The highest BCUT2D eigenvalue weighted by molar-refractivity contribution is 7.98. The van der Waals surface area contributed by atoms with Crippen molar-refractivity contribution in [2.75, 3.05) is 25.6 Å². The predicted octanol–water partition coefficient (Wildman–Crippen LogP) is 0.359. The lowest BCUT2D eigenvalue weighted by atomic mass is 10.2. The predicted molar refractivity (Wildman–Crippen MR) is 78.9 cm³/mol. The van der Waals surface area contributed by atoms with E-state index in [2.05, 4.69) is 10.6 Å². The normalized spacial score (nSPS) is 11.8. The minimum Gasteiger partial charge on any atom is -0.480 e. The molecule has 0 aliphatic carbocycles. The third kappa shape index (κ3) is 7.88. The first-order valence-corrected chi connectivity index (χ1v) is 7.70. The average molecular weight is 305 g/mol. The van der Waals surface area contributed by atoms with E-state index in [0.29, 0.717) is 12.2 Å². The molecule has 20 heavy (non-hydrogen) atoms. The summed E-state index contributed by atoms with van der Waals surface area (Å²) in [6.07, 6.45) is 2.21. The largest absolute Gasteiger partial charge is 0.480 e. The summed E-state index contributed by atoms with van der Waals surface area (Å²) < 4.78 is 0. The van der Waals surface area contributed by atoms with Crippen LogP contribution in [0.3, 0.4) is 0 Å². The maximum atomic E-state index is 11.8. The van der Waals surface area contributed by atoms with Crippen LogP contribution in [0.15, 0.2) is 0 Å². The number of nitrogens with one attached hydrogen (secondary N) is 2. The lowest BCUT2D eigenvalue weighted by Crippen LogP contribution is -2.49. The highest BCUT2D eigenvalue weighted by Gasteiger charge is 2.22. The van der Waals surface area contributed by atoms with Crippen LogP contribution >= 0.6 is 11.8 Å². The molecular weight excluding hydrogens is 282 g/mol. The minimum absolute atomic E-state index is 0.00712.